The van der Waals surface area contributed by atoms with Gasteiger partial charge in [-0.15, -0.1) is 0 Å². The Bertz CT molecular complexity index is 530. The summed E-state index contributed by atoms with van der Waals surface area (Å²) in [4.78, 5) is 22.3. The van der Waals surface area contributed by atoms with E-state index in [1.807, 2.05) is 19.1 Å². The van der Waals surface area contributed by atoms with Crippen molar-refractivity contribution in [3.8, 4) is 5.75 Å². The van der Waals surface area contributed by atoms with Crippen LogP contribution in [-0.4, -0.2) is 18.5 Å². The summed E-state index contributed by atoms with van der Waals surface area (Å²) in [5, 5.41) is 0. The van der Waals surface area contributed by atoms with Crippen LogP contribution in [-0.2, 0) is 37.7 Å². The summed E-state index contributed by atoms with van der Waals surface area (Å²) < 4.78 is 16.0. The lowest BCUT2D eigenvalue weighted by Crippen LogP contribution is -2.15. The van der Waals surface area contributed by atoms with E-state index in [2.05, 4.69) is 20.8 Å². The van der Waals surface area contributed by atoms with Crippen molar-refractivity contribution in [2.45, 2.75) is 60.2 Å². The van der Waals surface area contributed by atoms with E-state index in [0.717, 1.165) is 16.7 Å². The van der Waals surface area contributed by atoms with Crippen LogP contribution >= 0.6 is 0 Å². The van der Waals surface area contributed by atoms with Crippen LogP contribution in [0.25, 0.3) is 0 Å². The summed E-state index contributed by atoms with van der Waals surface area (Å²) in [5.74, 6) is -0.0895. The maximum Gasteiger partial charge on any atom is 0.302 e. The largest absolute Gasteiger partial charge is 0.493 e. The van der Waals surface area contributed by atoms with Gasteiger partial charge in [0.05, 0.1) is 6.61 Å². The van der Waals surface area contributed by atoms with Crippen LogP contribution in [0.3, 0.4) is 0 Å². The van der Waals surface area contributed by atoms with Crippen LogP contribution in [0.5, 0.6) is 5.75 Å². The Hall–Kier alpha value is -2.04. The maximum absolute atomic E-state index is 11.1. The lowest BCUT2D eigenvalue weighted by atomic mass is 9.84. The molecular formula is C18H26O5. The molecule has 0 bridgehead atoms. The Balaban J connectivity index is 3.33. The average Bonchev–Trinajstić information content (AvgIpc) is 2.43. The van der Waals surface area contributed by atoms with Gasteiger partial charge in [-0.2, -0.15) is 0 Å². The van der Waals surface area contributed by atoms with Gasteiger partial charge in [0.15, 0.2) is 0 Å². The van der Waals surface area contributed by atoms with Gasteiger partial charge in [-0.05, 0) is 30.0 Å². The first-order chi connectivity index (χ1) is 10.6. The number of hydrogen-bond acceptors (Lipinski definition) is 5. The summed E-state index contributed by atoms with van der Waals surface area (Å²) in [6.07, 6.45) is 0. The van der Waals surface area contributed by atoms with Gasteiger partial charge in [-0.25, -0.2) is 0 Å². The molecule has 0 aliphatic heterocycles. The summed E-state index contributed by atoms with van der Waals surface area (Å²) in [6.45, 7) is 11.6. The Morgan fingerprint density at radius 2 is 1.39 bits per heavy atom. The van der Waals surface area contributed by atoms with Gasteiger partial charge in [0.2, 0.25) is 0 Å². The van der Waals surface area contributed by atoms with E-state index in [-0.39, 0.29) is 30.6 Å². The molecule has 5 nitrogen and oxygen atoms in total. The number of benzene rings is 1. The zero-order chi connectivity index (χ0) is 17.6. The first-order valence-corrected chi connectivity index (χ1v) is 7.71. The number of carbonyl (C=O) groups excluding carboxylic acids is 2. The van der Waals surface area contributed by atoms with Gasteiger partial charge in [-0.1, -0.05) is 20.8 Å². The highest BCUT2D eigenvalue weighted by molar-refractivity contribution is 5.66. The SMILES string of the molecule is CCOc1c(COC(C)=O)cc(C(C)(C)C)cc1COC(C)=O. The highest BCUT2D eigenvalue weighted by Gasteiger charge is 2.20. The molecule has 0 saturated carbocycles. The number of hydrogen-bond donors (Lipinski definition) is 0. The van der Waals surface area contributed by atoms with Gasteiger partial charge in [0, 0.05) is 25.0 Å². The average molecular weight is 322 g/mol. The second kappa shape index (κ2) is 7.99. The molecule has 0 heterocycles. The van der Waals surface area contributed by atoms with Gasteiger partial charge in [-0.3, -0.25) is 9.59 Å². The first kappa shape index (κ1) is 19.0. The highest BCUT2D eigenvalue weighted by Crippen LogP contribution is 2.33. The zero-order valence-corrected chi connectivity index (χ0v) is 14.8. The summed E-state index contributed by atoms with van der Waals surface area (Å²) in [7, 11) is 0. The van der Waals surface area contributed by atoms with Crippen LogP contribution in [0, 0.1) is 0 Å². The second-order valence-corrected chi connectivity index (χ2v) is 6.37. The number of carbonyl (C=O) groups is 2. The number of rotatable bonds is 6. The first-order valence-electron chi connectivity index (χ1n) is 7.71. The van der Waals surface area contributed by atoms with E-state index in [4.69, 9.17) is 14.2 Å². The fourth-order valence-electron chi connectivity index (χ4n) is 2.09. The van der Waals surface area contributed by atoms with Gasteiger partial charge >= 0.3 is 11.9 Å². The van der Waals surface area contributed by atoms with E-state index >= 15 is 0 Å². The van der Waals surface area contributed by atoms with E-state index in [1.54, 1.807) is 0 Å². The molecule has 0 aliphatic carbocycles. The van der Waals surface area contributed by atoms with E-state index in [1.165, 1.54) is 13.8 Å². The Morgan fingerprint density at radius 1 is 0.957 bits per heavy atom. The number of esters is 2. The van der Waals surface area contributed by atoms with Gasteiger partial charge < -0.3 is 14.2 Å². The third kappa shape index (κ3) is 5.93. The lowest BCUT2D eigenvalue weighted by molar-refractivity contribution is -0.142. The third-order valence-corrected chi connectivity index (χ3v) is 3.26. The maximum atomic E-state index is 11.1. The molecule has 1 aromatic carbocycles. The smallest absolute Gasteiger partial charge is 0.302 e. The lowest BCUT2D eigenvalue weighted by Gasteiger charge is -2.24. The van der Waals surface area contributed by atoms with Crippen molar-refractivity contribution < 1.29 is 23.8 Å². The van der Waals surface area contributed by atoms with Crippen LogP contribution < -0.4 is 4.74 Å². The van der Waals surface area contributed by atoms with E-state index in [9.17, 15) is 9.59 Å². The molecule has 0 radical (unpaired) electrons. The van der Waals surface area contributed by atoms with Crippen molar-refractivity contribution in [1.82, 2.24) is 0 Å². The summed E-state index contributed by atoms with van der Waals surface area (Å²) >= 11 is 0. The normalized spacial score (nSPS) is 11.0. The molecule has 1 aromatic rings. The van der Waals surface area contributed by atoms with E-state index in [0.29, 0.717) is 12.4 Å². The van der Waals surface area contributed by atoms with E-state index < -0.39 is 0 Å². The molecule has 128 valence electrons. The van der Waals surface area contributed by atoms with Crippen molar-refractivity contribution in [2.24, 2.45) is 0 Å². The van der Waals surface area contributed by atoms with Crippen molar-refractivity contribution >= 4 is 11.9 Å². The fraction of sp³-hybridized carbons (Fsp3) is 0.556. The van der Waals surface area contributed by atoms with Gasteiger partial charge in [0.25, 0.3) is 0 Å². The number of ether oxygens (including phenoxy) is 3. The quantitative estimate of drug-likeness (QED) is 0.750. The predicted octanol–water partition coefficient (Wildman–Crippen LogP) is 3.51. The molecule has 0 spiro atoms. The summed E-state index contributed by atoms with van der Waals surface area (Å²) in [6, 6.07) is 3.95. The summed E-state index contributed by atoms with van der Waals surface area (Å²) in [5.41, 5.74) is 2.51. The van der Waals surface area contributed by atoms with Crippen molar-refractivity contribution in [3.05, 3.63) is 28.8 Å². The predicted molar refractivity (Wildman–Crippen MR) is 87.3 cm³/mol. The topological polar surface area (TPSA) is 61.8 Å². The Kier molecular flexibility index (Phi) is 6.61. The molecule has 1 rings (SSSR count). The van der Waals surface area contributed by atoms with Crippen molar-refractivity contribution in [1.29, 1.82) is 0 Å². The standard InChI is InChI=1S/C18H26O5/c1-7-21-17-14(10-22-12(2)19)8-16(18(4,5)6)9-15(17)11-23-13(3)20/h8-9H,7,10-11H2,1-6H3. The van der Waals surface area contributed by atoms with Crippen molar-refractivity contribution in [3.63, 3.8) is 0 Å². The van der Waals surface area contributed by atoms with Crippen LogP contribution in [0.15, 0.2) is 12.1 Å². The Labute approximate surface area is 137 Å². The zero-order valence-electron chi connectivity index (χ0n) is 14.8. The molecule has 0 N–H and O–H groups in total. The van der Waals surface area contributed by atoms with Gasteiger partial charge in [0.1, 0.15) is 19.0 Å². The minimum Gasteiger partial charge on any atom is -0.493 e. The molecule has 0 saturated heterocycles. The molecule has 23 heavy (non-hydrogen) atoms. The minimum atomic E-state index is -0.352. The third-order valence-electron chi connectivity index (χ3n) is 3.26. The van der Waals surface area contributed by atoms with Crippen molar-refractivity contribution in [2.75, 3.05) is 6.61 Å². The molecule has 0 fully saturated rings. The molecule has 0 aromatic heterocycles. The molecule has 0 unspecified atom stereocenters. The monoisotopic (exact) mass is 322 g/mol. The van der Waals surface area contributed by atoms with Crippen LogP contribution in [0.1, 0.15) is 58.2 Å². The minimum absolute atomic E-state index is 0.0965. The van der Waals surface area contributed by atoms with Crippen LogP contribution in [0.2, 0.25) is 0 Å². The highest BCUT2D eigenvalue weighted by atomic mass is 16.5. The second-order valence-electron chi connectivity index (χ2n) is 6.37. The molecule has 0 atom stereocenters. The fourth-order valence-corrected chi connectivity index (χ4v) is 2.09. The molecular weight excluding hydrogens is 296 g/mol. The Morgan fingerprint density at radius 3 is 1.70 bits per heavy atom. The molecule has 0 amide bonds. The molecule has 0 aliphatic rings. The van der Waals surface area contributed by atoms with Crippen LogP contribution in [0.4, 0.5) is 0 Å². The molecule has 5 heteroatoms.